The van der Waals surface area contributed by atoms with Crippen molar-refractivity contribution in [3.63, 3.8) is 0 Å². The van der Waals surface area contributed by atoms with Crippen molar-refractivity contribution in [1.82, 2.24) is 14.7 Å². The number of nitrogens with one attached hydrogen (secondary N) is 1. The third-order valence-electron chi connectivity index (χ3n) is 3.77. The molecule has 26 heavy (non-hydrogen) atoms. The van der Waals surface area contributed by atoms with Gasteiger partial charge in [0, 0.05) is 26.7 Å². The zero-order valence-corrected chi connectivity index (χ0v) is 15.1. The van der Waals surface area contributed by atoms with Crippen LogP contribution in [0.3, 0.4) is 0 Å². The fraction of sp³-hybridized carbons (Fsp3) is 0.167. The second kappa shape index (κ2) is 7.49. The molecule has 8 heteroatoms. The first kappa shape index (κ1) is 17.8. The molecule has 0 fully saturated rings. The smallest absolute Gasteiger partial charge is 0.274 e. The summed E-state index contributed by atoms with van der Waals surface area (Å²) in [6.45, 7) is 0.326. The molecule has 0 atom stereocenters. The van der Waals surface area contributed by atoms with Gasteiger partial charge in [-0.2, -0.15) is 5.10 Å². The molecule has 0 aliphatic rings. The summed E-state index contributed by atoms with van der Waals surface area (Å²) < 4.78 is 14.4. The maximum atomic E-state index is 13.0. The molecule has 2 amide bonds. The number of hydrogen-bond acceptors (Lipinski definition) is 4. The minimum Gasteiger partial charge on any atom is -0.336 e. The summed E-state index contributed by atoms with van der Waals surface area (Å²) in [6.07, 6.45) is 0. The van der Waals surface area contributed by atoms with Gasteiger partial charge in [-0.3, -0.25) is 14.3 Å². The zero-order chi connectivity index (χ0) is 18.7. The van der Waals surface area contributed by atoms with Crippen molar-refractivity contribution in [3.05, 3.63) is 69.8 Å². The quantitative estimate of drug-likeness (QED) is 0.748. The van der Waals surface area contributed by atoms with E-state index in [0.29, 0.717) is 17.2 Å². The Kier molecular flexibility index (Phi) is 5.13. The van der Waals surface area contributed by atoms with Crippen LogP contribution in [0.4, 0.5) is 10.2 Å². The van der Waals surface area contributed by atoms with Crippen molar-refractivity contribution >= 4 is 29.0 Å². The molecule has 1 N–H and O–H groups in total. The molecule has 0 radical (unpaired) electrons. The van der Waals surface area contributed by atoms with Gasteiger partial charge >= 0.3 is 0 Å². The van der Waals surface area contributed by atoms with Crippen LogP contribution in [-0.4, -0.2) is 33.5 Å². The van der Waals surface area contributed by atoms with E-state index in [9.17, 15) is 14.0 Å². The van der Waals surface area contributed by atoms with Gasteiger partial charge < -0.3 is 10.2 Å². The van der Waals surface area contributed by atoms with Crippen molar-refractivity contribution in [2.75, 3.05) is 12.4 Å². The second-order valence-corrected chi connectivity index (χ2v) is 6.71. The number of halogens is 1. The van der Waals surface area contributed by atoms with Crippen LogP contribution in [0, 0.1) is 5.82 Å². The van der Waals surface area contributed by atoms with Crippen LogP contribution in [-0.2, 0) is 13.6 Å². The highest BCUT2D eigenvalue weighted by Gasteiger charge is 2.18. The number of nitrogens with zero attached hydrogens (tertiary/aromatic N) is 3. The van der Waals surface area contributed by atoms with Gasteiger partial charge in [0.1, 0.15) is 11.6 Å². The van der Waals surface area contributed by atoms with Gasteiger partial charge in [0.2, 0.25) is 0 Å². The molecule has 2 heterocycles. The number of rotatable bonds is 5. The maximum Gasteiger partial charge on any atom is 0.274 e. The second-order valence-electron chi connectivity index (χ2n) is 5.76. The van der Waals surface area contributed by atoms with E-state index in [-0.39, 0.29) is 23.3 Å². The molecule has 0 saturated heterocycles. The topological polar surface area (TPSA) is 67.2 Å². The number of aryl methyl sites for hydroxylation is 1. The van der Waals surface area contributed by atoms with Crippen LogP contribution in [0.1, 0.15) is 25.7 Å². The first-order chi connectivity index (χ1) is 12.4. The molecule has 0 saturated carbocycles. The highest BCUT2D eigenvalue weighted by atomic mass is 32.1. The highest BCUT2D eigenvalue weighted by Crippen LogP contribution is 2.16. The highest BCUT2D eigenvalue weighted by molar-refractivity contribution is 7.12. The molecule has 0 aliphatic heterocycles. The minimum absolute atomic E-state index is 0.221. The van der Waals surface area contributed by atoms with Crippen LogP contribution in [0.2, 0.25) is 0 Å². The van der Waals surface area contributed by atoms with E-state index in [1.54, 1.807) is 38.4 Å². The molecule has 0 aliphatic carbocycles. The molecule has 0 unspecified atom stereocenters. The SMILES string of the molecule is CN(Cc1ccc(F)cc1)C(=O)c1cc(NC(=O)c2cccs2)n(C)n1. The number of aromatic nitrogens is 2. The Bertz CT molecular complexity index is 919. The Morgan fingerprint density at radius 3 is 2.65 bits per heavy atom. The number of anilines is 1. The average molecular weight is 372 g/mol. The molecular weight excluding hydrogens is 355 g/mol. The van der Waals surface area contributed by atoms with E-state index >= 15 is 0 Å². The first-order valence-corrected chi connectivity index (χ1v) is 8.71. The molecule has 3 rings (SSSR count). The van der Waals surface area contributed by atoms with Crippen LogP contribution < -0.4 is 5.32 Å². The largest absolute Gasteiger partial charge is 0.336 e. The van der Waals surface area contributed by atoms with Gasteiger partial charge in [-0.15, -0.1) is 11.3 Å². The molecule has 6 nitrogen and oxygen atoms in total. The summed E-state index contributed by atoms with van der Waals surface area (Å²) >= 11 is 1.33. The lowest BCUT2D eigenvalue weighted by molar-refractivity contribution is 0.0778. The fourth-order valence-corrected chi connectivity index (χ4v) is 3.02. The molecule has 0 spiro atoms. The number of thiophene rings is 1. The van der Waals surface area contributed by atoms with Crippen molar-refractivity contribution in [2.45, 2.75) is 6.54 Å². The Morgan fingerprint density at radius 1 is 1.27 bits per heavy atom. The Hall–Kier alpha value is -3.00. The molecule has 3 aromatic rings. The van der Waals surface area contributed by atoms with Crippen LogP contribution in [0.15, 0.2) is 47.8 Å². The number of benzene rings is 1. The summed E-state index contributed by atoms with van der Waals surface area (Å²) in [5, 5.41) is 8.74. The molecule has 0 bridgehead atoms. The summed E-state index contributed by atoms with van der Waals surface area (Å²) in [7, 11) is 3.30. The third kappa shape index (κ3) is 3.97. The Balaban J connectivity index is 1.69. The zero-order valence-electron chi connectivity index (χ0n) is 14.3. The molecule has 1 aromatic carbocycles. The Morgan fingerprint density at radius 2 is 2.00 bits per heavy atom. The number of hydrogen-bond donors (Lipinski definition) is 1. The van der Waals surface area contributed by atoms with Gasteiger partial charge in [-0.25, -0.2) is 4.39 Å². The lowest BCUT2D eigenvalue weighted by Gasteiger charge is -2.15. The van der Waals surface area contributed by atoms with Crippen LogP contribution in [0.5, 0.6) is 0 Å². The monoisotopic (exact) mass is 372 g/mol. The van der Waals surface area contributed by atoms with E-state index in [1.807, 2.05) is 5.38 Å². The van der Waals surface area contributed by atoms with Crippen molar-refractivity contribution < 1.29 is 14.0 Å². The normalized spacial score (nSPS) is 10.6. The summed E-state index contributed by atoms with van der Waals surface area (Å²) in [6, 6.07) is 11.0. The number of amides is 2. The maximum absolute atomic E-state index is 13.0. The first-order valence-electron chi connectivity index (χ1n) is 7.83. The standard InChI is InChI=1S/C18H17FN4O2S/c1-22(11-12-5-7-13(19)8-6-12)18(25)14-10-16(23(2)21-14)20-17(24)15-4-3-9-26-15/h3-10H,11H2,1-2H3,(H,20,24). The lowest BCUT2D eigenvalue weighted by Crippen LogP contribution is -2.26. The van der Waals surface area contributed by atoms with Gasteiger partial charge in [0.05, 0.1) is 4.88 Å². The van der Waals surface area contributed by atoms with Crippen molar-refractivity contribution in [3.8, 4) is 0 Å². The van der Waals surface area contributed by atoms with E-state index in [2.05, 4.69) is 10.4 Å². The molecule has 2 aromatic heterocycles. The van der Waals surface area contributed by atoms with Crippen LogP contribution in [0.25, 0.3) is 0 Å². The van der Waals surface area contributed by atoms with E-state index in [1.165, 1.54) is 39.1 Å². The number of carbonyl (C=O) groups is 2. The summed E-state index contributed by atoms with van der Waals surface area (Å²) in [4.78, 5) is 26.8. The van der Waals surface area contributed by atoms with Crippen LogP contribution >= 0.6 is 11.3 Å². The lowest BCUT2D eigenvalue weighted by atomic mass is 10.2. The molecular formula is C18H17FN4O2S. The predicted octanol–water partition coefficient (Wildman–Crippen LogP) is 3.15. The van der Waals surface area contributed by atoms with Crippen molar-refractivity contribution in [1.29, 1.82) is 0 Å². The number of carbonyl (C=O) groups excluding carboxylic acids is 2. The summed E-state index contributed by atoms with van der Waals surface area (Å²) in [5.41, 5.74) is 1.03. The van der Waals surface area contributed by atoms with Gasteiger partial charge in [-0.05, 0) is 29.1 Å². The minimum atomic E-state index is -0.321. The van der Waals surface area contributed by atoms with E-state index in [0.717, 1.165) is 5.56 Å². The Labute approximate surface area is 153 Å². The predicted molar refractivity (Wildman–Crippen MR) is 97.7 cm³/mol. The van der Waals surface area contributed by atoms with Gasteiger partial charge in [-0.1, -0.05) is 18.2 Å². The van der Waals surface area contributed by atoms with E-state index in [4.69, 9.17) is 0 Å². The van der Waals surface area contributed by atoms with Gasteiger partial charge in [0.25, 0.3) is 11.8 Å². The third-order valence-corrected chi connectivity index (χ3v) is 4.63. The van der Waals surface area contributed by atoms with Gasteiger partial charge in [0.15, 0.2) is 5.69 Å². The van der Waals surface area contributed by atoms with E-state index < -0.39 is 0 Å². The fourth-order valence-electron chi connectivity index (χ4n) is 2.41. The summed E-state index contributed by atoms with van der Waals surface area (Å²) in [5.74, 6) is -0.427. The van der Waals surface area contributed by atoms with Crippen molar-refractivity contribution in [2.24, 2.45) is 7.05 Å². The average Bonchev–Trinajstić information content (AvgIpc) is 3.27. The molecule has 134 valence electrons.